The number of thioether (sulfide) groups is 1. The summed E-state index contributed by atoms with van der Waals surface area (Å²) in [5, 5.41) is 2.99. The average molecular weight is 293 g/mol. The number of ether oxygens (including phenoxy) is 1. The van der Waals surface area contributed by atoms with Gasteiger partial charge in [-0.1, -0.05) is 17.7 Å². The second-order valence-electron chi connectivity index (χ2n) is 4.27. The standard InChI is InChI=1S/C13H18F3NOS/c1-10-3-5-12(6-4-10)18-9-11(2)17-7-8-19-13(14,15)16/h3-6,11,17H,7-9H2,1-2H3. The lowest BCUT2D eigenvalue weighted by molar-refractivity contribution is -0.0327. The van der Waals surface area contributed by atoms with Crippen LogP contribution in [0.4, 0.5) is 13.2 Å². The highest BCUT2D eigenvalue weighted by Gasteiger charge is 2.27. The summed E-state index contributed by atoms with van der Waals surface area (Å²) in [6.45, 7) is 4.61. The molecule has 0 radical (unpaired) electrons. The molecule has 1 rings (SSSR count). The highest BCUT2D eigenvalue weighted by atomic mass is 32.2. The molecule has 1 N–H and O–H groups in total. The van der Waals surface area contributed by atoms with Gasteiger partial charge in [0.25, 0.3) is 0 Å². The SMILES string of the molecule is Cc1ccc(OCC(C)NCCSC(F)(F)F)cc1. The molecule has 19 heavy (non-hydrogen) atoms. The number of nitrogens with one attached hydrogen (secondary N) is 1. The Bertz CT molecular complexity index is 367. The molecule has 0 spiro atoms. The van der Waals surface area contributed by atoms with Crippen LogP contribution in [0.3, 0.4) is 0 Å². The van der Waals surface area contributed by atoms with Crippen LogP contribution in [0.2, 0.25) is 0 Å². The molecule has 0 saturated heterocycles. The second kappa shape index (κ2) is 7.65. The first-order valence-corrected chi connectivity index (χ1v) is 6.99. The van der Waals surface area contributed by atoms with Gasteiger partial charge in [0.15, 0.2) is 0 Å². The van der Waals surface area contributed by atoms with Gasteiger partial charge in [-0.05, 0) is 37.7 Å². The summed E-state index contributed by atoms with van der Waals surface area (Å²) in [6, 6.07) is 7.67. The molecule has 108 valence electrons. The molecule has 2 nitrogen and oxygen atoms in total. The summed E-state index contributed by atoms with van der Waals surface area (Å²) in [4.78, 5) is 0. The van der Waals surface area contributed by atoms with Crippen molar-refractivity contribution in [2.45, 2.75) is 25.4 Å². The molecule has 0 aliphatic rings. The number of aryl methyl sites for hydroxylation is 1. The van der Waals surface area contributed by atoms with E-state index in [1.54, 1.807) is 0 Å². The Kier molecular flexibility index (Phi) is 6.51. The van der Waals surface area contributed by atoms with Gasteiger partial charge in [0.1, 0.15) is 12.4 Å². The minimum absolute atomic E-state index is 0.00939. The van der Waals surface area contributed by atoms with E-state index in [1.807, 2.05) is 38.1 Å². The quantitative estimate of drug-likeness (QED) is 0.776. The highest BCUT2D eigenvalue weighted by molar-refractivity contribution is 8.00. The zero-order valence-electron chi connectivity index (χ0n) is 11.0. The van der Waals surface area contributed by atoms with Crippen molar-refractivity contribution in [2.24, 2.45) is 0 Å². The van der Waals surface area contributed by atoms with Crippen molar-refractivity contribution in [3.8, 4) is 5.75 Å². The summed E-state index contributed by atoms with van der Waals surface area (Å²) in [5.74, 6) is 0.780. The van der Waals surface area contributed by atoms with Crippen molar-refractivity contribution >= 4 is 11.8 Å². The van der Waals surface area contributed by atoms with E-state index < -0.39 is 5.51 Å². The van der Waals surface area contributed by atoms with Gasteiger partial charge in [0.2, 0.25) is 0 Å². The molecule has 1 aromatic carbocycles. The highest BCUT2D eigenvalue weighted by Crippen LogP contribution is 2.29. The Morgan fingerprint density at radius 2 is 1.89 bits per heavy atom. The summed E-state index contributed by atoms with van der Waals surface area (Å²) in [5.41, 5.74) is -2.99. The molecule has 0 aromatic heterocycles. The van der Waals surface area contributed by atoms with Crippen LogP contribution in [-0.4, -0.2) is 30.5 Å². The van der Waals surface area contributed by atoms with Crippen LogP contribution >= 0.6 is 11.8 Å². The van der Waals surface area contributed by atoms with Crippen molar-refractivity contribution in [2.75, 3.05) is 18.9 Å². The molecular formula is C13H18F3NOS. The average Bonchev–Trinajstić information content (AvgIpc) is 2.33. The van der Waals surface area contributed by atoms with Crippen LogP contribution in [0.5, 0.6) is 5.75 Å². The molecule has 1 aromatic rings. The molecule has 6 heteroatoms. The molecular weight excluding hydrogens is 275 g/mol. The van der Waals surface area contributed by atoms with Gasteiger partial charge in [0, 0.05) is 18.3 Å². The molecule has 0 amide bonds. The van der Waals surface area contributed by atoms with Crippen molar-refractivity contribution in [3.05, 3.63) is 29.8 Å². The maximum Gasteiger partial charge on any atom is 0.441 e. The fraction of sp³-hybridized carbons (Fsp3) is 0.538. The van der Waals surface area contributed by atoms with E-state index in [-0.39, 0.29) is 23.6 Å². The van der Waals surface area contributed by atoms with Crippen LogP contribution in [0.15, 0.2) is 24.3 Å². The first-order valence-electron chi connectivity index (χ1n) is 6.00. The number of benzene rings is 1. The van der Waals surface area contributed by atoms with Crippen LogP contribution in [0.25, 0.3) is 0 Å². The van der Waals surface area contributed by atoms with Crippen molar-refractivity contribution in [3.63, 3.8) is 0 Å². The Morgan fingerprint density at radius 1 is 1.26 bits per heavy atom. The Labute approximate surface area is 115 Å². The van der Waals surface area contributed by atoms with Crippen LogP contribution < -0.4 is 10.1 Å². The van der Waals surface area contributed by atoms with Crippen molar-refractivity contribution in [1.29, 1.82) is 0 Å². The van der Waals surface area contributed by atoms with E-state index in [9.17, 15) is 13.2 Å². The fourth-order valence-corrected chi connectivity index (χ4v) is 1.84. The monoisotopic (exact) mass is 293 g/mol. The third-order valence-electron chi connectivity index (χ3n) is 2.38. The van der Waals surface area contributed by atoms with Gasteiger partial charge < -0.3 is 10.1 Å². The third kappa shape index (κ3) is 8.00. The first kappa shape index (κ1) is 16.2. The summed E-state index contributed by atoms with van der Waals surface area (Å²) in [7, 11) is 0. The second-order valence-corrected chi connectivity index (χ2v) is 5.43. The zero-order chi connectivity index (χ0) is 14.3. The van der Waals surface area contributed by atoms with Crippen molar-refractivity contribution < 1.29 is 17.9 Å². The minimum Gasteiger partial charge on any atom is -0.492 e. The maximum absolute atomic E-state index is 11.9. The number of alkyl halides is 3. The third-order valence-corrected chi connectivity index (χ3v) is 3.12. The van der Waals surface area contributed by atoms with E-state index in [0.29, 0.717) is 13.2 Å². The van der Waals surface area contributed by atoms with E-state index in [4.69, 9.17) is 4.74 Å². The van der Waals surface area contributed by atoms with E-state index in [2.05, 4.69) is 5.32 Å². The van der Waals surface area contributed by atoms with Gasteiger partial charge >= 0.3 is 5.51 Å². The number of halogens is 3. The molecule has 0 aliphatic carbocycles. The minimum atomic E-state index is -4.15. The largest absolute Gasteiger partial charge is 0.492 e. The lowest BCUT2D eigenvalue weighted by atomic mass is 10.2. The number of rotatable bonds is 7. The normalized spacial score (nSPS) is 13.3. The molecule has 0 heterocycles. The number of hydrogen-bond acceptors (Lipinski definition) is 3. The lowest BCUT2D eigenvalue weighted by Gasteiger charge is -2.15. The predicted octanol–water partition coefficient (Wildman–Crippen LogP) is 3.60. The first-order chi connectivity index (χ1) is 8.87. The van der Waals surface area contributed by atoms with Gasteiger partial charge in [-0.25, -0.2) is 0 Å². The van der Waals surface area contributed by atoms with Gasteiger partial charge in [0.05, 0.1) is 0 Å². The Morgan fingerprint density at radius 3 is 2.47 bits per heavy atom. The zero-order valence-corrected chi connectivity index (χ0v) is 11.8. The summed E-state index contributed by atoms with van der Waals surface area (Å²) >= 11 is -0.0117. The molecule has 1 atom stereocenters. The molecule has 0 aliphatic heterocycles. The summed E-state index contributed by atoms with van der Waals surface area (Å²) < 4.78 is 41.2. The smallest absolute Gasteiger partial charge is 0.441 e. The van der Waals surface area contributed by atoms with E-state index in [0.717, 1.165) is 11.3 Å². The van der Waals surface area contributed by atoms with Gasteiger partial charge in [-0.15, -0.1) is 0 Å². The maximum atomic E-state index is 11.9. The van der Waals surface area contributed by atoms with Crippen LogP contribution in [-0.2, 0) is 0 Å². The van der Waals surface area contributed by atoms with E-state index in [1.165, 1.54) is 0 Å². The molecule has 1 unspecified atom stereocenters. The van der Waals surface area contributed by atoms with Crippen molar-refractivity contribution in [1.82, 2.24) is 5.32 Å². The van der Waals surface area contributed by atoms with Gasteiger partial charge in [-0.2, -0.15) is 13.2 Å². The fourth-order valence-electron chi connectivity index (χ4n) is 1.39. The number of hydrogen-bond donors (Lipinski definition) is 1. The molecule has 0 fully saturated rings. The summed E-state index contributed by atoms with van der Waals surface area (Å²) in [6.07, 6.45) is 0. The molecule has 0 saturated carbocycles. The predicted molar refractivity (Wildman–Crippen MR) is 72.7 cm³/mol. The van der Waals surface area contributed by atoms with Gasteiger partial charge in [-0.3, -0.25) is 0 Å². The molecule has 0 bridgehead atoms. The van der Waals surface area contributed by atoms with Crippen LogP contribution in [0.1, 0.15) is 12.5 Å². The van der Waals surface area contributed by atoms with E-state index >= 15 is 0 Å². The Balaban J connectivity index is 2.14. The van der Waals surface area contributed by atoms with Crippen LogP contribution in [0, 0.1) is 6.92 Å². The lowest BCUT2D eigenvalue weighted by Crippen LogP contribution is -2.33. The Hall–Kier alpha value is -0.880. The topological polar surface area (TPSA) is 21.3 Å².